The van der Waals surface area contributed by atoms with Crippen LogP contribution in [-0.4, -0.2) is 32.3 Å². The van der Waals surface area contributed by atoms with Crippen molar-refractivity contribution in [3.63, 3.8) is 0 Å². The Hall–Kier alpha value is -2.82. The van der Waals surface area contributed by atoms with Crippen molar-refractivity contribution in [2.75, 3.05) is 24.3 Å². The number of aryl methyl sites for hydroxylation is 2. The molecule has 0 aromatic heterocycles. The van der Waals surface area contributed by atoms with Crippen molar-refractivity contribution < 1.29 is 4.79 Å². The lowest BCUT2D eigenvalue weighted by Crippen LogP contribution is -2.35. The number of benzene rings is 2. The molecule has 0 bridgehead atoms. The molecule has 2 N–H and O–H groups in total. The first-order valence-corrected chi connectivity index (χ1v) is 8.31. The highest BCUT2D eigenvalue weighted by atomic mass is 16.2. The lowest BCUT2D eigenvalue weighted by atomic mass is 10.1. The van der Waals surface area contributed by atoms with Crippen molar-refractivity contribution in [2.45, 2.75) is 26.8 Å². The standard InChI is InChI=1S/C20H26N4O/c1-14-7-6-8-15(2)19(14)22-16(3)20(25)23-21-13-17-9-11-18(12-10-17)24(4)5/h6-13,16,22H,1-5H3,(H,23,25)/b21-13+. The summed E-state index contributed by atoms with van der Waals surface area (Å²) in [5.74, 6) is -0.177. The summed E-state index contributed by atoms with van der Waals surface area (Å²) in [6.45, 7) is 5.87. The van der Waals surface area contributed by atoms with Gasteiger partial charge < -0.3 is 10.2 Å². The predicted molar refractivity (Wildman–Crippen MR) is 106 cm³/mol. The highest BCUT2D eigenvalue weighted by Crippen LogP contribution is 2.20. The maximum atomic E-state index is 12.2. The van der Waals surface area contributed by atoms with Crippen LogP contribution in [0.1, 0.15) is 23.6 Å². The molecule has 1 amide bonds. The quantitative estimate of drug-likeness (QED) is 0.627. The molecule has 0 spiro atoms. The monoisotopic (exact) mass is 338 g/mol. The van der Waals surface area contributed by atoms with Gasteiger partial charge in [-0.15, -0.1) is 0 Å². The van der Waals surface area contributed by atoms with Crippen LogP contribution in [0, 0.1) is 13.8 Å². The minimum absolute atomic E-state index is 0.177. The van der Waals surface area contributed by atoms with Crippen LogP contribution in [0.5, 0.6) is 0 Å². The summed E-state index contributed by atoms with van der Waals surface area (Å²) in [7, 11) is 3.99. The van der Waals surface area contributed by atoms with Crippen molar-refractivity contribution in [1.82, 2.24) is 5.43 Å². The number of rotatable bonds is 6. The largest absolute Gasteiger partial charge is 0.378 e. The zero-order valence-corrected chi connectivity index (χ0v) is 15.5. The number of hydrogen-bond donors (Lipinski definition) is 2. The van der Waals surface area contributed by atoms with Crippen LogP contribution in [0.2, 0.25) is 0 Å². The molecule has 1 atom stereocenters. The van der Waals surface area contributed by atoms with Crippen LogP contribution in [0.4, 0.5) is 11.4 Å². The fourth-order valence-corrected chi connectivity index (χ4v) is 2.45. The van der Waals surface area contributed by atoms with Crippen LogP contribution >= 0.6 is 0 Å². The van der Waals surface area contributed by atoms with E-state index >= 15 is 0 Å². The number of para-hydroxylation sites is 1. The third kappa shape index (κ3) is 5.08. The van der Waals surface area contributed by atoms with E-state index in [-0.39, 0.29) is 11.9 Å². The zero-order chi connectivity index (χ0) is 18.4. The van der Waals surface area contributed by atoms with Gasteiger partial charge in [0.1, 0.15) is 6.04 Å². The Balaban J connectivity index is 1.92. The molecule has 5 heteroatoms. The average molecular weight is 338 g/mol. The highest BCUT2D eigenvalue weighted by molar-refractivity contribution is 5.87. The number of hydrogen-bond acceptors (Lipinski definition) is 4. The minimum atomic E-state index is -0.381. The Labute approximate surface area is 149 Å². The number of carbonyl (C=O) groups is 1. The summed E-state index contributed by atoms with van der Waals surface area (Å²) in [4.78, 5) is 14.2. The molecule has 0 heterocycles. The van der Waals surface area contributed by atoms with E-state index in [0.717, 1.165) is 28.1 Å². The molecule has 0 radical (unpaired) electrons. The number of hydrazone groups is 1. The van der Waals surface area contributed by atoms with Crippen LogP contribution in [0.3, 0.4) is 0 Å². The number of nitrogens with one attached hydrogen (secondary N) is 2. The van der Waals surface area contributed by atoms with Gasteiger partial charge in [-0.05, 0) is 49.6 Å². The third-order valence-electron chi connectivity index (χ3n) is 4.03. The summed E-state index contributed by atoms with van der Waals surface area (Å²) < 4.78 is 0. The molecule has 25 heavy (non-hydrogen) atoms. The third-order valence-corrected chi connectivity index (χ3v) is 4.03. The van der Waals surface area contributed by atoms with Gasteiger partial charge in [0.2, 0.25) is 0 Å². The van der Waals surface area contributed by atoms with Crippen LogP contribution < -0.4 is 15.6 Å². The maximum Gasteiger partial charge on any atom is 0.262 e. The minimum Gasteiger partial charge on any atom is -0.378 e. The van der Waals surface area contributed by atoms with Crippen molar-refractivity contribution in [2.24, 2.45) is 5.10 Å². The Morgan fingerprint density at radius 3 is 2.24 bits per heavy atom. The smallest absolute Gasteiger partial charge is 0.262 e. The van der Waals surface area contributed by atoms with Gasteiger partial charge in [-0.3, -0.25) is 4.79 Å². The topological polar surface area (TPSA) is 56.7 Å². The second-order valence-corrected chi connectivity index (χ2v) is 6.35. The summed E-state index contributed by atoms with van der Waals surface area (Å²) in [6.07, 6.45) is 1.64. The van der Waals surface area contributed by atoms with Crippen molar-refractivity contribution in [1.29, 1.82) is 0 Å². The van der Waals surface area contributed by atoms with E-state index in [1.165, 1.54) is 0 Å². The van der Waals surface area contributed by atoms with E-state index in [0.29, 0.717) is 0 Å². The summed E-state index contributed by atoms with van der Waals surface area (Å²) in [5.41, 5.74) is 7.86. The van der Waals surface area contributed by atoms with Gasteiger partial charge in [0.25, 0.3) is 5.91 Å². The van der Waals surface area contributed by atoms with Gasteiger partial charge in [0.15, 0.2) is 0 Å². The number of amides is 1. The molecule has 0 fully saturated rings. The molecule has 2 rings (SSSR count). The summed E-state index contributed by atoms with van der Waals surface area (Å²) in [6, 6.07) is 13.6. The molecule has 2 aromatic rings. The second kappa shape index (κ2) is 8.33. The number of carbonyl (C=O) groups excluding carboxylic acids is 1. The van der Waals surface area contributed by atoms with Crippen molar-refractivity contribution >= 4 is 23.5 Å². The zero-order valence-electron chi connectivity index (χ0n) is 15.5. The number of anilines is 2. The molecule has 0 aliphatic carbocycles. The lowest BCUT2D eigenvalue weighted by Gasteiger charge is -2.17. The molecule has 0 saturated heterocycles. The van der Waals surface area contributed by atoms with E-state index in [9.17, 15) is 4.79 Å². The fourth-order valence-electron chi connectivity index (χ4n) is 2.45. The average Bonchev–Trinajstić information content (AvgIpc) is 2.58. The second-order valence-electron chi connectivity index (χ2n) is 6.35. The molecule has 132 valence electrons. The van der Waals surface area contributed by atoms with Crippen LogP contribution in [0.25, 0.3) is 0 Å². The van der Waals surface area contributed by atoms with Crippen molar-refractivity contribution in [3.8, 4) is 0 Å². The first-order valence-electron chi connectivity index (χ1n) is 8.31. The first-order chi connectivity index (χ1) is 11.9. The van der Waals surface area contributed by atoms with E-state index in [1.54, 1.807) is 6.21 Å². The Bertz CT molecular complexity index is 731. The maximum absolute atomic E-state index is 12.2. The van der Waals surface area contributed by atoms with E-state index in [1.807, 2.05) is 82.2 Å². The summed E-state index contributed by atoms with van der Waals surface area (Å²) in [5, 5.41) is 7.30. The first kappa shape index (κ1) is 18.5. The molecule has 5 nitrogen and oxygen atoms in total. The Morgan fingerprint density at radius 1 is 1.08 bits per heavy atom. The predicted octanol–water partition coefficient (Wildman–Crippen LogP) is 3.32. The van der Waals surface area contributed by atoms with E-state index < -0.39 is 0 Å². The molecule has 1 unspecified atom stereocenters. The molecular weight excluding hydrogens is 312 g/mol. The fraction of sp³-hybridized carbons (Fsp3) is 0.300. The Morgan fingerprint density at radius 2 is 1.68 bits per heavy atom. The van der Waals surface area contributed by atoms with E-state index in [2.05, 4.69) is 15.8 Å². The Kier molecular flexibility index (Phi) is 6.17. The molecule has 0 aliphatic rings. The summed E-state index contributed by atoms with van der Waals surface area (Å²) >= 11 is 0. The van der Waals surface area contributed by atoms with Gasteiger partial charge in [-0.25, -0.2) is 5.43 Å². The van der Waals surface area contributed by atoms with Gasteiger partial charge in [-0.2, -0.15) is 5.10 Å². The van der Waals surface area contributed by atoms with Gasteiger partial charge >= 0.3 is 0 Å². The SMILES string of the molecule is Cc1cccc(C)c1NC(C)C(=O)N/N=C/c1ccc(N(C)C)cc1. The van der Waals surface area contributed by atoms with E-state index in [4.69, 9.17) is 0 Å². The van der Waals surface area contributed by atoms with Gasteiger partial charge in [0.05, 0.1) is 6.21 Å². The van der Waals surface area contributed by atoms with Crippen LogP contribution in [-0.2, 0) is 4.79 Å². The molecule has 2 aromatic carbocycles. The lowest BCUT2D eigenvalue weighted by molar-refractivity contribution is -0.121. The van der Waals surface area contributed by atoms with Gasteiger partial charge in [-0.1, -0.05) is 30.3 Å². The number of nitrogens with zero attached hydrogens (tertiary/aromatic N) is 2. The van der Waals surface area contributed by atoms with Crippen LogP contribution in [0.15, 0.2) is 47.6 Å². The molecule has 0 saturated carbocycles. The van der Waals surface area contributed by atoms with Gasteiger partial charge in [0, 0.05) is 25.5 Å². The highest BCUT2D eigenvalue weighted by Gasteiger charge is 2.13. The molecule has 0 aliphatic heterocycles. The normalized spacial score (nSPS) is 12.0. The van der Waals surface area contributed by atoms with Crippen molar-refractivity contribution in [3.05, 3.63) is 59.2 Å². The molecular formula is C20H26N4O.